The molecule has 0 bridgehead atoms. The van der Waals surface area contributed by atoms with Gasteiger partial charge < -0.3 is 5.73 Å². The second-order valence-corrected chi connectivity index (χ2v) is 7.11. The SMILES string of the molecule is NCCc1c(-c2cccc([N+](=O)[O-])c2)nc2sc3c(n12)CCCC3. The average molecular weight is 342 g/mol. The second kappa shape index (κ2) is 5.99. The van der Waals surface area contributed by atoms with Crippen LogP contribution in [-0.2, 0) is 19.3 Å². The molecule has 0 saturated carbocycles. The Labute approximate surface area is 143 Å². The molecular formula is C17H18N4O2S. The van der Waals surface area contributed by atoms with E-state index in [1.165, 1.54) is 29.5 Å². The third kappa shape index (κ3) is 2.40. The zero-order chi connectivity index (χ0) is 16.7. The molecule has 1 aliphatic carbocycles. The first-order valence-corrected chi connectivity index (χ1v) is 8.97. The molecule has 1 aromatic carbocycles. The fourth-order valence-corrected chi connectivity index (χ4v) is 4.69. The molecule has 7 heteroatoms. The number of fused-ring (bicyclic) bond motifs is 3. The van der Waals surface area contributed by atoms with Gasteiger partial charge in [-0.05, 0) is 32.2 Å². The van der Waals surface area contributed by atoms with Crippen molar-refractivity contribution in [3.05, 3.63) is 50.6 Å². The molecular weight excluding hydrogens is 324 g/mol. The Kier molecular flexibility index (Phi) is 3.82. The van der Waals surface area contributed by atoms with Gasteiger partial charge in [-0.25, -0.2) is 4.98 Å². The molecule has 0 amide bonds. The van der Waals surface area contributed by atoms with Gasteiger partial charge in [-0.1, -0.05) is 12.1 Å². The minimum Gasteiger partial charge on any atom is -0.330 e. The van der Waals surface area contributed by atoms with Crippen molar-refractivity contribution in [2.75, 3.05) is 6.54 Å². The summed E-state index contributed by atoms with van der Waals surface area (Å²) in [6.07, 6.45) is 5.34. The summed E-state index contributed by atoms with van der Waals surface area (Å²) in [6.45, 7) is 0.528. The number of hydrogen-bond donors (Lipinski definition) is 1. The number of imidazole rings is 1. The van der Waals surface area contributed by atoms with Crippen molar-refractivity contribution in [3.63, 3.8) is 0 Å². The number of nitro benzene ring substituents is 1. The highest BCUT2D eigenvalue weighted by molar-refractivity contribution is 7.17. The van der Waals surface area contributed by atoms with Crippen molar-refractivity contribution >= 4 is 22.0 Å². The Bertz CT molecular complexity index is 928. The van der Waals surface area contributed by atoms with Crippen molar-refractivity contribution in [2.24, 2.45) is 5.73 Å². The van der Waals surface area contributed by atoms with Gasteiger partial charge in [-0.15, -0.1) is 11.3 Å². The van der Waals surface area contributed by atoms with E-state index in [2.05, 4.69) is 4.40 Å². The van der Waals surface area contributed by atoms with Crippen LogP contribution in [0.2, 0.25) is 0 Å². The van der Waals surface area contributed by atoms with Crippen LogP contribution in [0.15, 0.2) is 24.3 Å². The predicted molar refractivity (Wildman–Crippen MR) is 94.6 cm³/mol. The fraction of sp³-hybridized carbons (Fsp3) is 0.353. The fourth-order valence-electron chi connectivity index (χ4n) is 3.46. The van der Waals surface area contributed by atoms with Crippen molar-refractivity contribution < 1.29 is 4.92 Å². The number of aryl methyl sites for hydroxylation is 2. The Morgan fingerprint density at radius 1 is 1.33 bits per heavy atom. The van der Waals surface area contributed by atoms with E-state index in [9.17, 15) is 10.1 Å². The van der Waals surface area contributed by atoms with Crippen LogP contribution in [0.1, 0.15) is 29.1 Å². The van der Waals surface area contributed by atoms with Gasteiger partial charge >= 0.3 is 0 Å². The molecule has 0 unspecified atom stereocenters. The maximum atomic E-state index is 11.1. The Hall–Kier alpha value is -2.25. The predicted octanol–water partition coefficient (Wildman–Crippen LogP) is 3.35. The first-order chi connectivity index (χ1) is 11.7. The summed E-state index contributed by atoms with van der Waals surface area (Å²) in [5, 5.41) is 11.1. The standard InChI is InChI=1S/C17H18N4O2S/c18-9-8-14-16(11-4-3-5-12(10-11)21(22)23)19-17-20(14)13-6-1-2-7-15(13)24-17/h3-5,10H,1-2,6-9,18H2. The van der Waals surface area contributed by atoms with Crippen molar-refractivity contribution in [1.82, 2.24) is 9.38 Å². The lowest BCUT2D eigenvalue weighted by atomic mass is 10.0. The van der Waals surface area contributed by atoms with Crippen LogP contribution in [0, 0.1) is 10.1 Å². The molecule has 4 rings (SSSR count). The van der Waals surface area contributed by atoms with Crippen LogP contribution in [0.4, 0.5) is 5.69 Å². The highest BCUT2D eigenvalue weighted by Gasteiger charge is 2.23. The van der Waals surface area contributed by atoms with E-state index in [0.29, 0.717) is 13.0 Å². The van der Waals surface area contributed by atoms with Gasteiger partial charge in [0.2, 0.25) is 0 Å². The molecule has 2 aromatic heterocycles. The summed E-state index contributed by atoms with van der Waals surface area (Å²) in [6, 6.07) is 6.69. The van der Waals surface area contributed by atoms with E-state index in [4.69, 9.17) is 10.7 Å². The molecule has 0 saturated heterocycles. The molecule has 2 N–H and O–H groups in total. The van der Waals surface area contributed by atoms with E-state index < -0.39 is 0 Å². The van der Waals surface area contributed by atoms with Gasteiger partial charge in [0.25, 0.3) is 5.69 Å². The van der Waals surface area contributed by atoms with Crippen LogP contribution >= 0.6 is 11.3 Å². The van der Waals surface area contributed by atoms with Gasteiger partial charge in [0.1, 0.15) is 0 Å². The van der Waals surface area contributed by atoms with E-state index in [-0.39, 0.29) is 10.6 Å². The normalized spacial score (nSPS) is 14.0. The minimum absolute atomic E-state index is 0.0876. The molecule has 124 valence electrons. The molecule has 1 aliphatic rings. The quantitative estimate of drug-likeness (QED) is 0.582. The maximum absolute atomic E-state index is 11.1. The zero-order valence-electron chi connectivity index (χ0n) is 13.2. The van der Waals surface area contributed by atoms with E-state index in [1.807, 2.05) is 6.07 Å². The lowest BCUT2D eigenvalue weighted by molar-refractivity contribution is -0.384. The van der Waals surface area contributed by atoms with E-state index >= 15 is 0 Å². The topological polar surface area (TPSA) is 86.5 Å². The molecule has 2 heterocycles. The lowest BCUT2D eigenvalue weighted by Crippen LogP contribution is -2.09. The Balaban J connectivity index is 1.92. The van der Waals surface area contributed by atoms with Crippen molar-refractivity contribution in [1.29, 1.82) is 0 Å². The van der Waals surface area contributed by atoms with Gasteiger partial charge in [0.15, 0.2) is 4.96 Å². The first kappa shape index (κ1) is 15.3. The van der Waals surface area contributed by atoms with Gasteiger partial charge in [0.05, 0.1) is 16.3 Å². The largest absolute Gasteiger partial charge is 0.330 e. The molecule has 0 aliphatic heterocycles. The minimum atomic E-state index is -0.369. The number of hydrogen-bond acceptors (Lipinski definition) is 5. The monoisotopic (exact) mass is 342 g/mol. The number of thiazole rings is 1. The third-order valence-corrected chi connectivity index (χ3v) is 5.67. The van der Waals surface area contributed by atoms with Gasteiger partial charge in [0, 0.05) is 34.7 Å². The summed E-state index contributed by atoms with van der Waals surface area (Å²) in [5.74, 6) is 0. The van der Waals surface area contributed by atoms with Crippen LogP contribution in [0.25, 0.3) is 16.2 Å². The van der Waals surface area contributed by atoms with E-state index in [1.54, 1.807) is 23.5 Å². The molecule has 3 aromatic rings. The summed E-state index contributed by atoms with van der Waals surface area (Å²) < 4.78 is 2.25. The Morgan fingerprint density at radius 2 is 2.17 bits per heavy atom. The molecule has 0 spiro atoms. The summed E-state index contributed by atoms with van der Waals surface area (Å²) in [7, 11) is 0. The number of nitrogens with zero attached hydrogens (tertiary/aromatic N) is 3. The molecule has 24 heavy (non-hydrogen) atoms. The van der Waals surface area contributed by atoms with Gasteiger partial charge in [-0.3, -0.25) is 14.5 Å². The summed E-state index contributed by atoms with van der Waals surface area (Å²) in [5.41, 5.74) is 9.96. The highest BCUT2D eigenvalue weighted by Crippen LogP contribution is 2.35. The summed E-state index contributed by atoms with van der Waals surface area (Å²) in [4.78, 5) is 17.9. The molecule has 0 atom stereocenters. The number of benzene rings is 1. The maximum Gasteiger partial charge on any atom is 0.270 e. The van der Waals surface area contributed by atoms with Gasteiger partial charge in [-0.2, -0.15) is 0 Å². The highest BCUT2D eigenvalue weighted by atomic mass is 32.1. The van der Waals surface area contributed by atoms with Crippen LogP contribution in [0.5, 0.6) is 0 Å². The first-order valence-electron chi connectivity index (χ1n) is 8.16. The summed E-state index contributed by atoms with van der Waals surface area (Å²) >= 11 is 1.74. The molecule has 6 nitrogen and oxygen atoms in total. The number of aromatic nitrogens is 2. The van der Waals surface area contributed by atoms with Crippen LogP contribution in [-0.4, -0.2) is 20.9 Å². The van der Waals surface area contributed by atoms with Crippen molar-refractivity contribution in [3.8, 4) is 11.3 Å². The lowest BCUT2D eigenvalue weighted by Gasteiger charge is -2.12. The average Bonchev–Trinajstić information content (AvgIpc) is 3.12. The second-order valence-electron chi connectivity index (χ2n) is 6.05. The Morgan fingerprint density at radius 3 is 2.96 bits per heavy atom. The van der Waals surface area contributed by atoms with Crippen LogP contribution in [0.3, 0.4) is 0 Å². The molecule has 0 fully saturated rings. The number of rotatable bonds is 4. The molecule has 0 radical (unpaired) electrons. The number of non-ortho nitro benzene ring substituents is 1. The van der Waals surface area contributed by atoms with E-state index in [0.717, 1.165) is 34.8 Å². The van der Waals surface area contributed by atoms with Crippen LogP contribution < -0.4 is 5.73 Å². The number of nitrogens with two attached hydrogens (primary N) is 1. The number of nitro groups is 1. The zero-order valence-corrected chi connectivity index (χ0v) is 14.0. The smallest absolute Gasteiger partial charge is 0.270 e. The third-order valence-electron chi connectivity index (χ3n) is 4.53. The van der Waals surface area contributed by atoms with Crippen molar-refractivity contribution in [2.45, 2.75) is 32.1 Å².